The van der Waals surface area contributed by atoms with Crippen molar-refractivity contribution >= 4 is 5.91 Å². The molecule has 0 bridgehead atoms. The predicted octanol–water partition coefficient (Wildman–Crippen LogP) is 0.137. The highest BCUT2D eigenvalue weighted by Gasteiger charge is 2.23. The summed E-state index contributed by atoms with van der Waals surface area (Å²) in [6.07, 6.45) is 2.82. The number of pyridine rings is 1. The summed E-state index contributed by atoms with van der Waals surface area (Å²) in [5, 5.41) is 9.53. The largest absolute Gasteiger partial charge is 0.391 e. The second-order valence-corrected chi connectivity index (χ2v) is 4.30. The molecule has 1 aliphatic heterocycles. The molecule has 92 valence electrons. The number of nitrogens with two attached hydrogens (primary N) is 1. The molecule has 0 aromatic carbocycles. The van der Waals surface area contributed by atoms with Crippen LogP contribution < -0.4 is 5.73 Å². The molecular weight excluding hydrogens is 218 g/mol. The zero-order valence-corrected chi connectivity index (χ0v) is 9.67. The Labute approximate surface area is 100 Å². The number of hydrogen-bond acceptors (Lipinski definition) is 4. The van der Waals surface area contributed by atoms with Gasteiger partial charge in [-0.2, -0.15) is 0 Å². The first-order chi connectivity index (χ1) is 8.20. The number of carbonyl (C=O) groups is 1. The van der Waals surface area contributed by atoms with Crippen molar-refractivity contribution in [3.63, 3.8) is 0 Å². The van der Waals surface area contributed by atoms with Crippen molar-refractivity contribution < 1.29 is 9.90 Å². The highest BCUT2D eigenvalue weighted by atomic mass is 16.3. The minimum absolute atomic E-state index is 0.118. The number of aliphatic hydroxyl groups excluding tert-OH is 1. The van der Waals surface area contributed by atoms with Gasteiger partial charge in [0.15, 0.2) is 0 Å². The molecule has 0 spiro atoms. The van der Waals surface area contributed by atoms with Gasteiger partial charge in [-0.3, -0.25) is 9.78 Å². The van der Waals surface area contributed by atoms with Gasteiger partial charge in [0.2, 0.25) is 0 Å². The maximum Gasteiger partial charge on any atom is 0.272 e. The average Bonchev–Trinajstić information content (AvgIpc) is 2.38. The molecule has 0 aliphatic carbocycles. The van der Waals surface area contributed by atoms with E-state index in [0.717, 1.165) is 18.4 Å². The summed E-state index contributed by atoms with van der Waals surface area (Å²) in [4.78, 5) is 17.8. The van der Waals surface area contributed by atoms with Gasteiger partial charge < -0.3 is 15.7 Å². The second-order valence-electron chi connectivity index (χ2n) is 4.30. The van der Waals surface area contributed by atoms with E-state index in [1.807, 2.05) is 0 Å². The number of carbonyl (C=O) groups excluding carboxylic acids is 1. The number of aliphatic hydroxyl groups is 1. The molecule has 1 aromatic heterocycles. The van der Waals surface area contributed by atoms with Gasteiger partial charge in [0, 0.05) is 25.8 Å². The maximum atomic E-state index is 12.1. The SMILES string of the molecule is NCc1ccc(C(=O)N2CCC[C@H](O)C2)nc1. The molecule has 1 aromatic rings. The monoisotopic (exact) mass is 235 g/mol. The van der Waals surface area contributed by atoms with Crippen LogP contribution in [0.2, 0.25) is 0 Å². The van der Waals surface area contributed by atoms with Crippen LogP contribution in [0.4, 0.5) is 0 Å². The number of β-amino-alcohol motifs (C(OH)–C–C–N with tert-alkyl or cyclic N) is 1. The van der Waals surface area contributed by atoms with E-state index in [-0.39, 0.29) is 5.91 Å². The Balaban J connectivity index is 2.07. The third-order valence-corrected chi connectivity index (χ3v) is 2.96. The Hall–Kier alpha value is -1.46. The van der Waals surface area contributed by atoms with E-state index in [0.29, 0.717) is 25.3 Å². The van der Waals surface area contributed by atoms with Gasteiger partial charge in [-0.1, -0.05) is 6.07 Å². The van der Waals surface area contributed by atoms with Crippen molar-refractivity contribution in [2.45, 2.75) is 25.5 Å². The van der Waals surface area contributed by atoms with E-state index in [9.17, 15) is 9.90 Å². The number of likely N-dealkylation sites (tertiary alicyclic amines) is 1. The molecule has 5 nitrogen and oxygen atoms in total. The Morgan fingerprint density at radius 3 is 3.00 bits per heavy atom. The highest BCUT2D eigenvalue weighted by molar-refractivity contribution is 5.92. The van der Waals surface area contributed by atoms with E-state index in [1.54, 1.807) is 23.2 Å². The first-order valence-electron chi connectivity index (χ1n) is 5.83. The minimum Gasteiger partial charge on any atom is -0.391 e. The summed E-state index contributed by atoms with van der Waals surface area (Å²) in [5.74, 6) is -0.118. The van der Waals surface area contributed by atoms with Crippen LogP contribution >= 0.6 is 0 Å². The quantitative estimate of drug-likeness (QED) is 0.764. The van der Waals surface area contributed by atoms with Crippen molar-refractivity contribution in [1.82, 2.24) is 9.88 Å². The summed E-state index contributed by atoms with van der Waals surface area (Å²) < 4.78 is 0. The highest BCUT2D eigenvalue weighted by Crippen LogP contribution is 2.12. The van der Waals surface area contributed by atoms with Crippen molar-refractivity contribution in [2.75, 3.05) is 13.1 Å². The summed E-state index contributed by atoms with van der Waals surface area (Å²) in [6.45, 7) is 1.51. The Kier molecular flexibility index (Phi) is 3.71. The van der Waals surface area contributed by atoms with Crippen molar-refractivity contribution in [3.8, 4) is 0 Å². The second kappa shape index (κ2) is 5.25. The van der Waals surface area contributed by atoms with Gasteiger partial charge in [0.05, 0.1) is 6.10 Å². The van der Waals surface area contributed by atoms with Crippen LogP contribution in [0.5, 0.6) is 0 Å². The molecule has 1 fully saturated rings. The number of aromatic nitrogens is 1. The molecule has 1 saturated heterocycles. The zero-order valence-electron chi connectivity index (χ0n) is 9.67. The fourth-order valence-electron chi connectivity index (χ4n) is 1.97. The lowest BCUT2D eigenvalue weighted by Crippen LogP contribution is -2.42. The number of nitrogens with zero attached hydrogens (tertiary/aromatic N) is 2. The summed E-state index contributed by atoms with van der Waals surface area (Å²) in [6, 6.07) is 3.49. The minimum atomic E-state index is -0.406. The number of amides is 1. The first kappa shape index (κ1) is 12.0. The van der Waals surface area contributed by atoms with Gasteiger partial charge in [-0.05, 0) is 24.5 Å². The zero-order chi connectivity index (χ0) is 12.3. The van der Waals surface area contributed by atoms with Crippen LogP contribution in [0.3, 0.4) is 0 Å². The Morgan fingerprint density at radius 1 is 1.59 bits per heavy atom. The van der Waals surface area contributed by atoms with Crippen LogP contribution in [0.1, 0.15) is 28.9 Å². The first-order valence-corrected chi connectivity index (χ1v) is 5.83. The third-order valence-electron chi connectivity index (χ3n) is 2.96. The molecular formula is C12H17N3O2. The molecule has 2 rings (SSSR count). The molecule has 1 aliphatic rings. The Morgan fingerprint density at radius 2 is 2.41 bits per heavy atom. The lowest BCUT2D eigenvalue weighted by atomic mass is 10.1. The average molecular weight is 235 g/mol. The normalized spacial score (nSPS) is 20.4. The van der Waals surface area contributed by atoms with Crippen LogP contribution in [0.15, 0.2) is 18.3 Å². The number of piperidine rings is 1. The molecule has 2 heterocycles. The lowest BCUT2D eigenvalue weighted by Gasteiger charge is -2.29. The topological polar surface area (TPSA) is 79.5 Å². The van der Waals surface area contributed by atoms with E-state index in [1.165, 1.54) is 0 Å². The van der Waals surface area contributed by atoms with Crippen LogP contribution in [0.25, 0.3) is 0 Å². The molecule has 1 amide bonds. The molecule has 0 unspecified atom stereocenters. The van der Waals surface area contributed by atoms with Crippen molar-refractivity contribution in [2.24, 2.45) is 5.73 Å². The fourth-order valence-corrected chi connectivity index (χ4v) is 1.97. The van der Waals surface area contributed by atoms with Crippen LogP contribution in [-0.4, -0.2) is 40.1 Å². The Bertz CT molecular complexity index is 391. The third kappa shape index (κ3) is 2.81. The van der Waals surface area contributed by atoms with Gasteiger partial charge in [-0.25, -0.2) is 0 Å². The summed E-state index contributed by atoms with van der Waals surface area (Å²) >= 11 is 0. The smallest absolute Gasteiger partial charge is 0.272 e. The van der Waals surface area contributed by atoms with Crippen LogP contribution in [0, 0.1) is 0 Å². The molecule has 0 radical (unpaired) electrons. The van der Waals surface area contributed by atoms with E-state index in [2.05, 4.69) is 4.98 Å². The maximum absolute atomic E-state index is 12.1. The predicted molar refractivity (Wildman–Crippen MR) is 63.3 cm³/mol. The van der Waals surface area contributed by atoms with Gasteiger partial charge in [-0.15, -0.1) is 0 Å². The van der Waals surface area contributed by atoms with Gasteiger partial charge in [0.1, 0.15) is 5.69 Å². The number of hydrogen-bond donors (Lipinski definition) is 2. The van der Waals surface area contributed by atoms with Gasteiger partial charge >= 0.3 is 0 Å². The fraction of sp³-hybridized carbons (Fsp3) is 0.500. The summed E-state index contributed by atoms with van der Waals surface area (Å²) in [5.41, 5.74) is 6.78. The van der Waals surface area contributed by atoms with Crippen LogP contribution in [-0.2, 0) is 6.54 Å². The standard InChI is InChI=1S/C12H17N3O2/c13-6-9-3-4-11(14-7-9)12(17)15-5-1-2-10(16)8-15/h3-4,7,10,16H,1-2,5-6,8,13H2/t10-/m0/s1. The van der Waals surface area contributed by atoms with E-state index in [4.69, 9.17) is 5.73 Å². The summed E-state index contributed by atoms with van der Waals surface area (Å²) in [7, 11) is 0. The molecule has 5 heteroatoms. The molecule has 17 heavy (non-hydrogen) atoms. The van der Waals surface area contributed by atoms with E-state index >= 15 is 0 Å². The molecule has 3 N–H and O–H groups in total. The molecule has 0 saturated carbocycles. The van der Waals surface area contributed by atoms with Crippen molar-refractivity contribution in [1.29, 1.82) is 0 Å². The van der Waals surface area contributed by atoms with Crippen molar-refractivity contribution in [3.05, 3.63) is 29.6 Å². The number of rotatable bonds is 2. The lowest BCUT2D eigenvalue weighted by molar-refractivity contribution is 0.0469. The van der Waals surface area contributed by atoms with Gasteiger partial charge in [0.25, 0.3) is 5.91 Å². The molecule has 1 atom stereocenters. The van der Waals surface area contributed by atoms with E-state index < -0.39 is 6.10 Å².